The Kier molecular flexibility index (Phi) is 8.16. The molecule has 0 aliphatic carbocycles. The summed E-state index contributed by atoms with van der Waals surface area (Å²) >= 11 is 0. The number of benzene rings is 2. The van der Waals surface area contributed by atoms with Crippen LogP contribution >= 0.6 is 0 Å². The molecule has 0 radical (unpaired) electrons. The van der Waals surface area contributed by atoms with Crippen LogP contribution in [0.15, 0.2) is 42.7 Å². The summed E-state index contributed by atoms with van der Waals surface area (Å²) in [6.45, 7) is 3.25. The summed E-state index contributed by atoms with van der Waals surface area (Å²) in [6.07, 6.45) is 4.95. The number of ketones is 1. The zero-order chi connectivity index (χ0) is 27.9. The molecule has 2 aliphatic heterocycles. The number of rotatable bonds is 6. The van der Waals surface area contributed by atoms with E-state index in [1.807, 2.05) is 26.2 Å². The fraction of sp³-hybridized carbons (Fsp3) is 0.357. The molecule has 4 heterocycles. The monoisotopic (exact) mass is 567 g/mol. The van der Waals surface area contributed by atoms with Crippen molar-refractivity contribution in [3.8, 4) is 39.8 Å². The SMILES string of the molecule is CCOc1cc(C(=O)N2CCC3(CC2)CC(=O)c2cc(-c4nn[nH]n4)ccc2O3)cc(OC)c1-c1cnn(C)c1.[H-].[Na+]. The fourth-order valence-electron chi connectivity index (χ4n) is 5.47. The summed E-state index contributed by atoms with van der Waals surface area (Å²) < 4.78 is 19.7. The van der Waals surface area contributed by atoms with E-state index in [2.05, 4.69) is 25.7 Å². The van der Waals surface area contributed by atoms with Gasteiger partial charge in [0.25, 0.3) is 5.91 Å². The van der Waals surface area contributed by atoms with E-state index in [1.54, 1.807) is 47.2 Å². The molecule has 1 saturated heterocycles. The van der Waals surface area contributed by atoms with Crippen LogP contribution in [0.3, 0.4) is 0 Å². The second-order valence-electron chi connectivity index (χ2n) is 10.0. The van der Waals surface area contributed by atoms with Gasteiger partial charge in [0.2, 0.25) is 5.82 Å². The van der Waals surface area contributed by atoms with E-state index in [9.17, 15) is 9.59 Å². The third-order valence-corrected chi connectivity index (χ3v) is 7.48. The number of hydrogen-bond donors (Lipinski definition) is 1. The predicted octanol–water partition coefficient (Wildman–Crippen LogP) is 0.431. The molecule has 208 valence electrons. The van der Waals surface area contributed by atoms with Crippen LogP contribution in [0.5, 0.6) is 17.2 Å². The number of aryl methyl sites for hydroxylation is 1. The van der Waals surface area contributed by atoms with E-state index >= 15 is 0 Å². The van der Waals surface area contributed by atoms with Gasteiger partial charge in [-0.15, -0.1) is 10.2 Å². The van der Waals surface area contributed by atoms with Gasteiger partial charge in [-0.05, 0) is 42.5 Å². The first-order valence-corrected chi connectivity index (χ1v) is 13.1. The quantitative estimate of drug-likeness (QED) is 0.329. The molecule has 0 saturated carbocycles. The molecule has 2 aliphatic rings. The van der Waals surface area contributed by atoms with Crippen LogP contribution in [-0.4, -0.2) is 79.4 Å². The average molecular weight is 568 g/mol. The van der Waals surface area contributed by atoms with Crippen LogP contribution < -0.4 is 43.8 Å². The zero-order valence-electron chi connectivity index (χ0n) is 24.5. The number of aromatic nitrogens is 6. The maximum Gasteiger partial charge on any atom is 1.00 e. The van der Waals surface area contributed by atoms with E-state index in [0.717, 1.165) is 11.1 Å². The number of aromatic amines is 1. The van der Waals surface area contributed by atoms with Gasteiger partial charge in [-0.25, -0.2) is 0 Å². The number of methoxy groups -OCH3 is 1. The minimum absolute atomic E-state index is 0. The Morgan fingerprint density at radius 3 is 2.61 bits per heavy atom. The number of nitrogens with one attached hydrogen (secondary N) is 1. The second kappa shape index (κ2) is 11.6. The van der Waals surface area contributed by atoms with Gasteiger partial charge in [-0.1, -0.05) is 0 Å². The number of H-pyrrole nitrogens is 1. The van der Waals surface area contributed by atoms with E-state index in [0.29, 0.717) is 72.3 Å². The molecular weight excluding hydrogens is 537 g/mol. The first-order valence-electron chi connectivity index (χ1n) is 13.1. The summed E-state index contributed by atoms with van der Waals surface area (Å²) in [5.41, 5.74) is 2.62. The summed E-state index contributed by atoms with van der Waals surface area (Å²) in [6, 6.07) is 8.84. The first-order chi connectivity index (χ1) is 19.4. The molecule has 41 heavy (non-hydrogen) atoms. The van der Waals surface area contributed by atoms with Gasteiger partial charge in [0.05, 0.1) is 37.5 Å². The molecule has 2 aromatic heterocycles. The van der Waals surface area contributed by atoms with Crippen LogP contribution in [0.4, 0.5) is 0 Å². The van der Waals surface area contributed by atoms with Crippen molar-refractivity contribution in [2.45, 2.75) is 31.8 Å². The largest absolute Gasteiger partial charge is 1.00 e. The molecule has 13 heteroatoms. The van der Waals surface area contributed by atoms with Crippen molar-refractivity contribution >= 4 is 11.7 Å². The Bertz CT molecular complexity index is 1590. The topological polar surface area (TPSA) is 137 Å². The smallest absolute Gasteiger partial charge is 1.00 e. The van der Waals surface area contributed by atoms with Crippen LogP contribution in [0.25, 0.3) is 22.5 Å². The van der Waals surface area contributed by atoms with E-state index in [1.165, 1.54) is 0 Å². The van der Waals surface area contributed by atoms with Gasteiger partial charge < -0.3 is 20.5 Å². The molecule has 0 unspecified atom stereocenters. The minimum atomic E-state index is -0.646. The van der Waals surface area contributed by atoms with Gasteiger partial charge in [-0.2, -0.15) is 10.3 Å². The predicted molar refractivity (Wildman–Crippen MR) is 145 cm³/mol. The molecule has 1 spiro atoms. The Morgan fingerprint density at radius 2 is 1.95 bits per heavy atom. The van der Waals surface area contributed by atoms with Gasteiger partial charge >= 0.3 is 29.6 Å². The summed E-state index contributed by atoms with van der Waals surface area (Å²) in [5.74, 6) is 1.93. The van der Waals surface area contributed by atoms with E-state index in [-0.39, 0.29) is 49.1 Å². The summed E-state index contributed by atoms with van der Waals surface area (Å²) in [5, 5.41) is 18.2. The van der Waals surface area contributed by atoms with Gasteiger partial charge in [-0.3, -0.25) is 14.3 Å². The Hall–Kier alpha value is -3.74. The van der Waals surface area contributed by atoms with Crippen molar-refractivity contribution in [2.24, 2.45) is 7.05 Å². The van der Waals surface area contributed by atoms with Crippen LogP contribution in [0.1, 0.15) is 48.3 Å². The fourth-order valence-corrected chi connectivity index (χ4v) is 5.47. The van der Waals surface area contributed by atoms with Crippen molar-refractivity contribution in [1.82, 2.24) is 35.3 Å². The number of piperidine rings is 1. The van der Waals surface area contributed by atoms with E-state index < -0.39 is 5.60 Å². The number of fused-ring (bicyclic) bond motifs is 1. The Morgan fingerprint density at radius 1 is 1.17 bits per heavy atom. The number of tetrazole rings is 1. The summed E-state index contributed by atoms with van der Waals surface area (Å²) in [4.78, 5) is 28.6. The van der Waals surface area contributed by atoms with Crippen molar-refractivity contribution < 1.29 is 54.8 Å². The van der Waals surface area contributed by atoms with Crippen LogP contribution in [0, 0.1) is 0 Å². The third-order valence-electron chi connectivity index (χ3n) is 7.48. The normalized spacial score (nSPS) is 15.6. The van der Waals surface area contributed by atoms with E-state index in [4.69, 9.17) is 14.2 Å². The maximum atomic E-state index is 13.6. The molecule has 0 bridgehead atoms. The number of nitrogens with zero attached hydrogens (tertiary/aromatic N) is 6. The van der Waals surface area contributed by atoms with Gasteiger partial charge in [0.1, 0.15) is 22.8 Å². The molecule has 12 nitrogen and oxygen atoms in total. The number of carbonyl (C=O) groups is 2. The molecule has 1 N–H and O–H groups in total. The van der Waals surface area contributed by atoms with Crippen molar-refractivity contribution in [1.29, 1.82) is 0 Å². The minimum Gasteiger partial charge on any atom is -1.00 e. The Labute approximate surface area is 260 Å². The van der Waals surface area contributed by atoms with Gasteiger partial charge in [0, 0.05) is 55.9 Å². The zero-order valence-corrected chi connectivity index (χ0v) is 25.5. The third kappa shape index (κ3) is 5.46. The number of likely N-dealkylation sites (tertiary alicyclic amines) is 1. The Balaban J connectivity index is 0.00000202. The van der Waals surface area contributed by atoms with Crippen molar-refractivity contribution in [3.63, 3.8) is 0 Å². The molecule has 1 amide bonds. The number of hydrogen-bond acceptors (Lipinski definition) is 9. The number of carbonyl (C=O) groups excluding carboxylic acids is 2. The first kappa shape index (κ1) is 28.8. The van der Waals surface area contributed by atoms with Gasteiger partial charge in [0.15, 0.2) is 5.78 Å². The molecule has 1 fully saturated rings. The van der Waals surface area contributed by atoms with Crippen LogP contribution in [-0.2, 0) is 7.05 Å². The molecule has 2 aromatic carbocycles. The molecule has 0 atom stereocenters. The van der Waals surface area contributed by atoms with Crippen LogP contribution in [0.2, 0.25) is 0 Å². The number of Topliss-reactive ketones (excluding diaryl/α,β-unsaturated/α-hetero) is 1. The molecular formula is C28H30N7NaO5. The van der Waals surface area contributed by atoms with Crippen molar-refractivity contribution in [3.05, 3.63) is 53.9 Å². The van der Waals surface area contributed by atoms with Crippen molar-refractivity contribution in [2.75, 3.05) is 26.8 Å². The summed E-state index contributed by atoms with van der Waals surface area (Å²) in [7, 11) is 3.41. The second-order valence-corrected chi connectivity index (χ2v) is 10.0. The number of amides is 1. The standard InChI is InChI=1S/C28H29N7O5.Na.H/c1-4-39-24-13-18(12-23(38-3)25(24)19-15-29-34(2)16-19)27(37)35-9-7-28(8-10-35)14-21(36)20-11-17(5-6-22(20)40-28)26-30-32-33-31-26;;/h5-6,11-13,15-16H,4,7-10,14H2,1-3H3,(H,30,31,32,33);;/q;+1;-1. The maximum absolute atomic E-state index is 13.6. The molecule has 6 rings (SSSR count). The molecule has 4 aromatic rings. The number of ether oxygens (including phenoxy) is 3. The average Bonchev–Trinajstić information content (AvgIpc) is 3.65.